The Morgan fingerprint density at radius 2 is 1.81 bits per heavy atom. The molecule has 32 heavy (non-hydrogen) atoms. The number of benzene rings is 3. The fourth-order valence-electron chi connectivity index (χ4n) is 3.75. The second-order valence-electron chi connectivity index (χ2n) is 7.91. The third-order valence-corrected chi connectivity index (χ3v) is 5.49. The predicted octanol–water partition coefficient (Wildman–Crippen LogP) is 3.78. The van der Waals surface area contributed by atoms with E-state index in [-0.39, 0.29) is 11.5 Å². The van der Waals surface area contributed by atoms with Gasteiger partial charge in [0.05, 0.1) is 10.9 Å². The van der Waals surface area contributed by atoms with E-state index in [1.165, 1.54) is 5.56 Å². The highest BCUT2D eigenvalue weighted by atomic mass is 16.1. The predicted molar refractivity (Wildman–Crippen MR) is 124 cm³/mol. The van der Waals surface area contributed by atoms with Gasteiger partial charge in [0.15, 0.2) is 5.65 Å². The van der Waals surface area contributed by atoms with E-state index in [9.17, 15) is 9.59 Å². The molecule has 0 saturated heterocycles. The fraction of sp³-hybridized carbons (Fsp3) is 0.120. The first-order valence-electron chi connectivity index (χ1n) is 10.3. The van der Waals surface area contributed by atoms with Gasteiger partial charge < -0.3 is 5.32 Å². The monoisotopic (exact) mass is 423 g/mol. The van der Waals surface area contributed by atoms with Crippen molar-refractivity contribution in [2.75, 3.05) is 0 Å². The number of H-pyrrole nitrogens is 1. The molecule has 0 fully saturated rings. The summed E-state index contributed by atoms with van der Waals surface area (Å²) in [4.78, 5) is 29.7. The average Bonchev–Trinajstić information content (AvgIpc) is 3.22. The molecule has 0 bridgehead atoms. The highest BCUT2D eigenvalue weighted by molar-refractivity contribution is 5.98. The highest BCUT2D eigenvalue weighted by Gasteiger charge is 2.16. The van der Waals surface area contributed by atoms with Gasteiger partial charge >= 0.3 is 0 Å². The van der Waals surface area contributed by atoms with E-state index >= 15 is 0 Å². The second-order valence-corrected chi connectivity index (χ2v) is 7.91. The SMILES string of the molecule is Cc1ccc(CNC(=O)c2ccc3c(=O)nc4c(-c5cccc(C)c5)n[nH]n4c3c2)cc1. The van der Waals surface area contributed by atoms with Gasteiger partial charge in [-0.15, -0.1) is 0 Å². The first-order chi connectivity index (χ1) is 15.5. The lowest BCUT2D eigenvalue weighted by Crippen LogP contribution is -2.23. The van der Waals surface area contributed by atoms with Crippen molar-refractivity contribution in [2.24, 2.45) is 0 Å². The summed E-state index contributed by atoms with van der Waals surface area (Å²) in [6.07, 6.45) is 0. The Balaban J connectivity index is 1.53. The van der Waals surface area contributed by atoms with Crippen LogP contribution < -0.4 is 10.9 Å². The molecule has 0 spiro atoms. The number of nitrogens with zero attached hydrogens (tertiary/aromatic N) is 3. The van der Waals surface area contributed by atoms with Crippen LogP contribution >= 0.6 is 0 Å². The van der Waals surface area contributed by atoms with Crippen LogP contribution in [0.4, 0.5) is 0 Å². The molecule has 5 rings (SSSR count). The van der Waals surface area contributed by atoms with Crippen molar-refractivity contribution in [1.82, 2.24) is 25.1 Å². The molecule has 2 N–H and O–H groups in total. The molecule has 0 aliphatic rings. The van der Waals surface area contributed by atoms with E-state index < -0.39 is 0 Å². The number of rotatable bonds is 4. The highest BCUT2D eigenvalue weighted by Crippen LogP contribution is 2.23. The van der Waals surface area contributed by atoms with Crippen molar-refractivity contribution < 1.29 is 4.79 Å². The van der Waals surface area contributed by atoms with E-state index in [1.807, 2.05) is 62.4 Å². The molecular formula is C25H21N5O2. The molecule has 0 aliphatic heterocycles. The van der Waals surface area contributed by atoms with Gasteiger partial charge in [0.2, 0.25) is 0 Å². The van der Waals surface area contributed by atoms with Crippen molar-refractivity contribution in [3.8, 4) is 11.3 Å². The zero-order valence-electron chi connectivity index (χ0n) is 17.7. The maximum atomic E-state index is 12.8. The van der Waals surface area contributed by atoms with Gasteiger partial charge in [0.1, 0.15) is 5.69 Å². The summed E-state index contributed by atoms with van der Waals surface area (Å²) in [5.74, 6) is -0.219. The van der Waals surface area contributed by atoms with Crippen molar-refractivity contribution in [1.29, 1.82) is 0 Å². The number of fused-ring (bicyclic) bond motifs is 3. The summed E-state index contributed by atoms with van der Waals surface area (Å²) in [5, 5.41) is 10.7. The van der Waals surface area contributed by atoms with Crippen molar-refractivity contribution in [3.63, 3.8) is 0 Å². The van der Waals surface area contributed by atoms with E-state index in [2.05, 4.69) is 20.6 Å². The van der Waals surface area contributed by atoms with Crippen LogP contribution in [0.5, 0.6) is 0 Å². The van der Waals surface area contributed by atoms with Crippen LogP contribution in [-0.2, 0) is 6.54 Å². The summed E-state index contributed by atoms with van der Waals surface area (Å²) in [6, 6.07) is 20.8. The number of nitrogens with one attached hydrogen (secondary N) is 2. The van der Waals surface area contributed by atoms with Gasteiger partial charge in [-0.3, -0.25) is 9.59 Å². The number of aryl methyl sites for hydroxylation is 2. The quantitative estimate of drug-likeness (QED) is 0.460. The van der Waals surface area contributed by atoms with Crippen molar-refractivity contribution in [3.05, 3.63) is 99.3 Å². The van der Waals surface area contributed by atoms with Crippen LogP contribution in [0.3, 0.4) is 0 Å². The van der Waals surface area contributed by atoms with Crippen molar-refractivity contribution in [2.45, 2.75) is 20.4 Å². The molecule has 0 atom stereocenters. The number of carbonyl (C=O) groups is 1. The van der Waals surface area contributed by atoms with Crippen LogP contribution in [0, 0.1) is 13.8 Å². The lowest BCUT2D eigenvalue weighted by molar-refractivity contribution is 0.0951. The zero-order chi connectivity index (χ0) is 22.2. The Labute approximate surface area is 183 Å². The van der Waals surface area contributed by atoms with E-state index in [4.69, 9.17) is 0 Å². The average molecular weight is 423 g/mol. The number of aromatic nitrogens is 4. The number of aromatic amines is 1. The molecule has 7 nitrogen and oxygen atoms in total. The Bertz CT molecular complexity index is 1530. The largest absolute Gasteiger partial charge is 0.348 e. The van der Waals surface area contributed by atoms with Crippen LogP contribution in [0.15, 0.2) is 71.5 Å². The molecule has 0 unspecified atom stereocenters. The lowest BCUT2D eigenvalue weighted by Gasteiger charge is -2.07. The number of hydrogen-bond acceptors (Lipinski definition) is 4. The summed E-state index contributed by atoms with van der Waals surface area (Å²) in [6.45, 7) is 4.44. The molecule has 1 amide bonds. The summed E-state index contributed by atoms with van der Waals surface area (Å²) < 4.78 is 1.64. The third-order valence-electron chi connectivity index (χ3n) is 5.49. The molecule has 3 aromatic carbocycles. The van der Waals surface area contributed by atoms with Crippen LogP contribution in [0.2, 0.25) is 0 Å². The van der Waals surface area contributed by atoms with E-state index in [0.29, 0.717) is 34.4 Å². The van der Waals surface area contributed by atoms with Gasteiger partial charge in [0.25, 0.3) is 11.5 Å². The second kappa shape index (κ2) is 7.77. The smallest absolute Gasteiger partial charge is 0.281 e. The maximum absolute atomic E-state index is 12.8. The number of amides is 1. The topological polar surface area (TPSA) is 92.2 Å². The Morgan fingerprint density at radius 1 is 1.00 bits per heavy atom. The summed E-state index contributed by atoms with van der Waals surface area (Å²) in [7, 11) is 0. The molecular weight excluding hydrogens is 402 g/mol. The molecule has 0 aliphatic carbocycles. The maximum Gasteiger partial charge on any atom is 0.281 e. The molecule has 7 heteroatoms. The summed E-state index contributed by atoms with van der Waals surface area (Å²) in [5.41, 5.74) is 5.78. The molecule has 2 heterocycles. The Morgan fingerprint density at radius 3 is 2.59 bits per heavy atom. The van der Waals surface area contributed by atoms with Gasteiger partial charge in [-0.25, -0.2) is 9.73 Å². The van der Waals surface area contributed by atoms with Gasteiger partial charge in [-0.2, -0.15) is 10.1 Å². The summed E-state index contributed by atoms with van der Waals surface area (Å²) >= 11 is 0. The van der Waals surface area contributed by atoms with Crippen LogP contribution in [-0.4, -0.2) is 25.7 Å². The van der Waals surface area contributed by atoms with Crippen molar-refractivity contribution >= 4 is 22.5 Å². The number of carbonyl (C=O) groups excluding carboxylic acids is 1. The number of hydrogen-bond donors (Lipinski definition) is 2. The van der Waals surface area contributed by atoms with Gasteiger partial charge in [0, 0.05) is 17.7 Å². The van der Waals surface area contributed by atoms with Gasteiger partial charge in [-0.05, 0) is 43.7 Å². The standard InChI is InChI=1S/C25H21N5O2/c1-15-6-8-17(9-7-15)14-26-24(31)19-10-11-20-21(13-19)30-23(27-25(20)32)22(28-29-30)18-5-3-4-16(2)12-18/h3-13,29H,14H2,1-2H3,(H,26,31). The Kier molecular flexibility index (Phi) is 4.78. The van der Waals surface area contributed by atoms with Crippen LogP contribution in [0.25, 0.3) is 27.8 Å². The first kappa shape index (κ1) is 19.7. The molecule has 158 valence electrons. The minimum Gasteiger partial charge on any atom is -0.348 e. The first-order valence-corrected chi connectivity index (χ1v) is 10.3. The normalized spacial score (nSPS) is 11.2. The Hall–Kier alpha value is -4.26. The van der Waals surface area contributed by atoms with E-state index in [0.717, 1.165) is 16.7 Å². The van der Waals surface area contributed by atoms with Gasteiger partial charge in [-0.1, -0.05) is 53.6 Å². The molecule has 0 saturated carbocycles. The van der Waals surface area contributed by atoms with E-state index in [1.54, 1.807) is 22.7 Å². The molecule has 5 aromatic rings. The zero-order valence-corrected chi connectivity index (χ0v) is 17.7. The third kappa shape index (κ3) is 3.54. The molecule has 0 radical (unpaired) electrons. The minimum atomic E-state index is -0.359. The lowest BCUT2D eigenvalue weighted by atomic mass is 10.1. The van der Waals surface area contributed by atoms with Crippen LogP contribution in [0.1, 0.15) is 27.0 Å². The fourth-order valence-corrected chi connectivity index (χ4v) is 3.75. The molecule has 2 aromatic heterocycles. The minimum absolute atomic E-state index is 0.219.